The van der Waals surface area contributed by atoms with E-state index in [1.54, 1.807) is 20.5 Å². The average Bonchev–Trinajstić information content (AvgIpc) is 3.41. The van der Waals surface area contributed by atoms with E-state index in [1.165, 1.54) is 60.1 Å². The van der Waals surface area contributed by atoms with E-state index in [0.29, 0.717) is 32.5 Å². The number of methoxy groups -OCH3 is 1. The number of aliphatic imine (C=N–C) groups is 1. The predicted molar refractivity (Wildman–Crippen MR) is 183 cm³/mol. The topological polar surface area (TPSA) is 98.5 Å². The van der Waals surface area contributed by atoms with Gasteiger partial charge in [0.25, 0.3) is 0 Å². The summed E-state index contributed by atoms with van der Waals surface area (Å²) in [6.07, 6.45) is 13.3. The van der Waals surface area contributed by atoms with Crippen LogP contribution in [0.3, 0.4) is 0 Å². The van der Waals surface area contributed by atoms with E-state index in [2.05, 4.69) is 48.2 Å². The molecule has 0 saturated heterocycles. The molecule has 0 bridgehead atoms. The first-order valence-electron chi connectivity index (χ1n) is 16.4. The molecule has 0 spiro atoms. The molecule has 4 atom stereocenters. The highest BCUT2D eigenvalue weighted by Gasteiger charge is 2.42. The van der Waals surface area contributed by atoms with E-state index in [-0.39, 0.29) is 18.1 Å². The SMILES string of the molecule is CCOC(Cn1ncnc1SSC(=NC)N(COCCC(C)OC)N(C)C)(OC(C)C)C1CCCCCC(NC)CCCC1. The summed E-state index contributed by atoms with van der Waals surface area (Å²) >= 11 is 0. The van der Waals surface area contributed by atoms with Crippen molar-refractivity contribution in [2.75, 3.05) is 55.2 Å². The summed E-state index contributed by atoms with van der Waals surface area (Å²) in [5.74, 6) is -0.516. The molecule has 4 unspecified atom stereocenters. The number of hydrogen-bond donors (Lipinski definition) is 1. The second kappa shape index (κ2) is 21.8. The summed E-state index contributed by atoms with van der Waals surface area (Å²) in [6, 6.07) is 0.619. The van der Waals surface area contributed by atoms with Gasteiger partial charge in [-0.2, -0.15) is 5.10 Å². The Bertz CT molecular complexity index is 923. The smallest absolute Gasteiger partial charge is 0.197 e. The number of nitrogens with one attached hydrogen (secondary N) is 1. The highest BCUT2D eigenvalue weighted by molar-refractivity contribution is 8.82. The zero-order valence-electron chi connectivity index (χ0n) is 28.9. The number of ether oxygens (including phenoxy) is 4. The first-order chi connectivity index (χ1) is 21.2. The van der Waals surface area contributed by atoms with Gasteiger partial charge in [-0.05, 0) is 88.4 Å². The van der Waals surface area contributed by atoms with Gasteiger partial charge in [0.2, 0.25) is 0 Å². The number of nitrogens with zero attached hydrogens (tertiary/aromatic N) is 6. The van der Waals surface area contributed by atoms with E-state index in [9.17, 15) is 0 Å². The Hall–Kier alpha value is -0.930. The van der Waals surface area contributed by atoms with Gasteiger partial charge in [-0.15, -0.1) is 0 Å². The monoisotopic (exact) mass is 659 g/mol. The van der Waals surface area contributed by atoms with Gasteiger partial charge >= 0.3 is 0 Å². The largest absolute Gasteiger partial charge is 0.382 e. The van der Waals surface area contributed by atoms with Crippen LogP contribution in [0.25, 0.3) is 0 Å². The van der Waals surface area contributed by atoms with Gasteiger partial charge in [-0.25, -0.2) is 14.7 Å². The average molecular weight is 660 g/mol. The van der Waals surface area contributed by atoms with Gasteiger partial charge in [0.05, 0.1) is 25.4 Å². The minimum atomic E-state index is -0.780. The van der Waals surface area contributed by atoms with Crippen molar-refractivity contribution in [2.45, 2.75) is 128 Å². The van der Waals surface area contributed by atoms with Crippen molar-refractivity contribution in [3.63, 3.8) is 0 Å². The molecule has 1 N–H and O–H groups in total. The van der Waals surface area contributed by atoms with Crippen LogP contribution in [0, 0.1) is 5.92 Å². The minimum Gasteiger partial charge on any atom is -0.382 e. The fraction of sp³-hybridized carbons (Fsp3) is 0.903. The number of amidine groups is 1. The lowest BCUT2D eigenvalue weighted by Gasteiger charge is -2.42. The summed E-state index contributed by atoms with van der Waals surface area (Å²) in [6.45, 7) is 10.4. The molecule has 0 aliphatic heterocycles. The van der Waals surface area contributed by atoms with Crippen LogP contribution < -0.4 is 5.32 Å². The van der Waals surface area contributed by atoms with Crippen LogP contribution >= 0.6 is 21.6 Å². The number of rotatable bonds is 17. The molecule has 1 aliphatic rings. The molecule has 0 aromatic carbocycles. The summed E-state index contributed by atoms with van der Waals surface area (Å²) in [4.78, 5) is 9.20. The van der Waals surface area contributed by atoms with Crippen LogP contribution in [0.5, 0.6) is 0 Å². The first-order valence-corrected chi connectivity index (χ1v) is 18.6. The summed E-state index contributed by atoms with van der Waals surface area (Å²) in [5, 5.41) is 13.8. The van der Waals surface area contributed by atoms with Crippen molar-refractivity contribution in [1.82, 2.24) is 30.1 Å². The van der Waals surface area contributed by atoms with Crippen LogP contribution in [0.15, 0.2) is 16.5 Å². The molecule has 13 heteroatoms. The predicted octanol–water partition coefficient (Wildman–Crippen LogP) is 6.07. The normalized spacial score (nSPS) is 21.3. The molecular formula is C31H61N7O4S2. The fourth-order valence-electron chi connectivity index (χ4n) is 5.63. The molecule has 1 aliphatic carbocycles. The Morgan fingerprint density at radius 2 is 1.82 bits per heavy atom. The van der Waals surface area contributed by atoms with Crippen LogP contribution in [0.2, 0.25) is 0 Å². The van der Waals surface area contributed by atoms with E-state index in [4.69, 9.17) is 18.9 Å². The Morgan fingerprint density at radius 3 is 2.43 bits per heavy atom. The Kier molecular flexibility index (Phi) is 19.4. The van der Waals surface area contributed by atoms with Crippen LogP contribution in [-0.4, -0.2) is 109 Å². The van der Waals surface area contributed by atoms with Gasteiger partial charge in [-0.3, -0.25) is 10.0 Å². The van der Waals surface area contributed by atoms with Gasteiger partial charge in [0.1, 0.15) is 13.1 Å². The minimum absolute atomic E-state index is 0.0155. The number of hydrogen-bond acceptors (Lipinski definition) is 11. The van der Waals surface area contributed by atoms with E-state index >= 15 is 0 Å². The van der Waals surface area contributed by atoms with E-state index in [1.807, 2.05) is 35.7 Å². The van der Waals surface area contributed by atoms with Crippen molar-refractivity contribution in [3.8, 4) is 0 Å². The third-order valence-corrected chi connectivity index (χ3v) is 10.4. The maximum Gasteiger partial charge on any atom is 0.197 e. The zero-order chi connectivity index (χ0) is 32.4. The van der Waals surface area contributed by atoms with Crippen LogP contribution in [0.1, 0.15) is 91.9 Å². The molecule has 1 aromatic rings. The highest BCUT2D eigenvalue weighted by Crippen LogP contribution is 2.38. The van der Waals surface area contributed by atoms with Gasteiger partial charge in [-0.1, -0.05) is 32.1 Å². The lowest BCUT2D eigenvalue weighted by molar-refractivity contribution is -0.291. The Labute approximate surface area is 275 Å². The molecule has 1 fully saturated rings. The molecule has 11 nitrogen and oxygen atoms in total. The molecule has 44 heavy (non-hydrogen) atoms. The Balaban J connectivity index is 2.21. The Morgan fingerprint density at radius 1 is 1.14 bits per heavy atom. The maximum atomic E-state index is 6.78. The van der Waals surface area contributed by atoms with Crippen LogP contribution in [0.4, 0.5) is 0 Å². The van der Waals surface area contributed by atoms with Crippen molar-refractivity contribution >= 4 is 26.8 Å². The second-order valence-corrected chi connectivity index (χ2v) is 14.1. The maximum absolute atomic E-state index is 6.78. The first kappa shape index (κ1) is 39.2. The molecule has 0 amide bonds. The molecule has 1 aromatic heterocycles. The van der Waals surface area contributed by atoms with E-state index in [0.717, 1.165) is 36.0 Å². The third kappa shape index (κ3) is 13.4. The molecule has 256 valence electrons. The zero-order valence-corrected chi connectivity index (χ0v) is 30.6. The van der Waals surface area contributed by atoms with Crippen molar-refractivity contribution in [3.05, 3.63) is 6.33 Å². The highest BCUT2D eigenvalue weighted by atomic mass is 33.1. The molecular weight excluding hydrogens is 599 g/mol. The fourth-order valence-corrected chi connectivity index (χ4v) is 7.76. The quantitative estimate of drug-likeness (QED) is 0.0527. The van der Waals surface area contributed by atoms with E-state index < -0.39 is 5.79 Å². The molecule has 0 radical (unpaired) electrons. The lowest BCUT2D eigenvalue weighted by atomic mass is 9.87. The van der Waals surface area contributed by atoms with Gasteiger partial charge in [0, 0.05) is 46.8 Å². The molecule has 1 heterocycles. The van der Waals surface area contributed by atoms with Crippen molar-refractivity contribution < 1.29 is 18.9 Å². The van der Waals surface area contributed by atoms with Crippen molar-refractivity contribution in [2.24, 2.45) is 10.9 Å². The standard InChI is InChI=1S/C31H61N7O4S2/c1-10-41-31(42-25(2)3,27-16-12-11-13-18-28(32-5)19-15-14-17-27)22-37-30(34-23-35-37)44-43-29(33-6)38(36(7)8)24-40-21-20-26(4)39-9/h23,25-28,32H,10-22,24H2,1-9H3. The summed E-state index contributed by atoms with van der Waals surface area (Å²) in [5.41, 5.74) is 0. The van der Waals surface area contributed by atoms with Gasteiger partial charge in [0.15, 0.2) is 16.1 Å². The second-order valence-electron chi connectivity index (χ2n) is 12.0. The van der Waals surface area contributed by atoms with Crippen molar-refractivity contribution in [1.29, 1.82) is 0 Å². The molecule has 1 saturated carbocycles. The lowest BCUT2D eigenvalue weighted by Crippen LogP contribution is -2.49. The summed E-state index contributed by atoms with van der Waals surface area (Å²) < 4.78 is 26.7. The molecule has 2 rings (SSSR count). The number of aromatic nitrogens is 3. The summed E-state index contributed by atoms with van der Waals surface area (Å²) in [7, 11) is 12.7. The van der Waals surface area contributed by atoms with Gasteiger partial charge < -0.3 is 24.3 Å². The third-order valence-electron chi connectivity index (χ3n) is 8.13. The number of hydrazine groups is 1. The van der Waals surface area contributed by atoms with Crippen LogP contribution in [-0.2, 0) is 25.5 Å².